The number of nitrogens with zero attached hydrogens (tertiary/aromatic N) is 2. The van der Waals surface area contributed by atoms with Crippen molar-refractivity contribution in [1.29, 1.82) is 0 Å². The molecule has 1 atom stereocenters. The molecule has 8 heteroatoms. The molecule has 1 heterocycles. The zero-order valence-electron chi connectivity index (χ0n) is 10.5. The highest BCUT2D eigenvalue weighted by atomic mass is 16.5. The molecule has 3 N–H and O–H groups in total. The van der Waals surface area contributed by atoms with Gasteiger partial charge in [0.15, 0.2) is 5.78 Å². The lowest BCUT2D eigenvalue weighted by atomic mass is 10.2. The number of likely N-dealkylation sites (tertiary alicyclic amines) is 1. The van der Waals surface area contributed by atoms with Crippen molar-refractivity contribution >= 4 is 24.0 Å². The van der Waals surface area contributed by atoms with Crippen molar-refractivity contribution in [1.82, 2.24) is 10.3 Å². The van der Waals surface area contributed by atoms with Crippen molar-refractivity contribution < 1.29 is 19.1 Å². The second kappa shape index (κ2) is 7.14. The number of carbonyl (C=O) groups is 3. The lowest BCUT2D eigenvalue weighted by Gasteiger charge is -2.19. The average Bonchev–Trinajstić information content (AvgIpc) is 2.83. The SMILES string of the molecule is COC(=O)[C@@H]1CCCN1/C=C/C(=O)/C=N/NC(N)=O. The summed E-state index contributed by atoms with van der Waals surface area (Å²) in [4.78, 5) is 34.8. The van der Waals surface area contributed by atoms with Crippen LogP contribution in [0.3, 0.4) is 0 Å². The van der Waals surface area contributed by atoms with Crippen LogP contribution in [0.5, 0.6) is 0 Å². The highest BCUT2D eigenvalue weighted by Crippen LogP contribution is 2.18. The number of urea groups is 1. The van der Waals surface area contributed by atoms with Crippen LogP contribution < -0.4 is 11.2 Å². The van der Waals surface area contributed by atoms with Gasteiger partial charge in [0.1, 0.15) is 6.04 Å². The van der Waals surface area contributed by atoms with Crippen molar-refractivity contribution in [2.45, 2.75) is 18.9 Å². The molecule has 1 aliphatic rings. The Kier molecular flexibility index (Phi) is 5.52. The van der Waals surface area contributed by atoms with E-state index in [9.17, 15) is 14.4 Å². The predicted octanol–water partition coefficient (Wildman–Crippen LogP) is -0.639. The van der Waals surface area contributed by atoms with Crippen LogP contribution in [-0.4, -0.2) is 48.6 Å². The zero-order valence-corrected chi connectivity index (χ0v) is 10.5. The topological polar surface area (TPSA) is 114 Å². The quantitative estimate of drug-likeness (QED) is 0.298. The van der Waals surface area contributed by atoms with E-state index in [1.54, 1.807) is 4.90 Å². The van der Waals surface area contributed by atoms with Gasteiger partial charge in [-0.2, -0.15) is 5.10 Å². The van der Waals surface area contributed by atoms with Crippen LogP contribution in [0.25, 0.3) is 0 Å². The van der Waals surface area contributed by atoms with Gasteiger partial charge in [0, 0.05) is 18.8 Å². The molecule has 0 unspecified atom stereocenters. The third kappa shape index (κ3) is 4.78. The first-order valence-corrected chi connectivity index (χ1v) is 5.69. The van der Waals surface area contributed by atoms with Gasteiger partial charge in [0.05, 0.1) is 13.3 Å². The summed E-state index contributed by atoms with van der Waals surface area (Å²) in [7, 11) is 1.33. The van der Waals surface area contributed by atoms with Crippen molar-refractivity contribution in [2.75, 3.05) is 13.7 Å². The summed E-state index contributed by atoms with van der Waals surface area (Å²) in [6.45, 7) is 0.681. The van der Waals surface area contributed by atoms with E-state index in [4.69, 9.17) is 5.73 Å². The number of ether oxygens (including phenoxy) is 1. The Bertz CT molecular complexity index is 419. The van der Waals surface area contributed by atoms with Gasteiger partial charge in [-0.15, -0.1) is 0 Å². The van der Waals surface area contributed by atoms with Crippen LogP contribution in [-0.2, 0) is 14.3 Å². The van der Waals surface area contributed by atoms with Gasteiger partial charge in [-0.25, -0.2) is 15.0 Å². The van der Waals surface area contributed by atoms with E-state index < -0.39 is 11.8 Å². The number of carbonyl (C=O) groups excluding carboxylic acids is 3. The molecule has 0 aromatic heterocycles. The number of esters is 1. The predicted molar refractivity (Wildman–Crippen MR) is 67.1 cm³/mol. The highest BCUT2D eigenvalue weighted by molar-refractivity contribution is 6.32. The third-order valence-corrected chi connectivity index (χ3v) is 2.56. The summed E-state index contributed by atoms with van der Waals surface area (Å²) >= 11 is 0. The number of ketones is 1. The molecule has 0 aromatic rings. The molecule has 2 amide bonds. The van der Waals surface area contributed by atoms with Gasteiger partial charge in [-0.1, -0.05) is 0 Å². The molecular formula is C11H16N4O4. The number of hydrazone groups is 1. The molecule has 8 nitrogen and oxygen atoms in total. The van der Waals surface area contributed by atoms with Crippen LogP contribution in [0.2, 0.25) is 0 Å². The number of hydrogen-bond donors (Lipinski definition) is 2. The molecule has 19 heavy (non-hydrogen) atoms. The smallest absolute Gasteiger partial charge is 0.332 e. The number of methoxy groups -OCH3 is 1. The number of primary amides is 1. The van der Waals surface area contributed by atoms with E-state index in [1.807, 2.05) is 5.43 Å². The molecular weight excluding hydrogens is 252 g/mol. The zero-order chi connectivity index (χ0) is 14.3. The Balaban J connectivity index is 2.51. The number of nitrogens with two attached hydrogens (primary N) is 1. The first kappa shape index (κ1) is 14.7. The van der Waals surface area contributed by atoms with E-state index in [1.165, 1.54) is 19.4 Å². The van der Waals surface area contributed by atoms with Gasteiger partial charge >= 0.3 is 12.0 Å². The van der Waals surface area contributed by atoms with E-state index in [-0.39, 0.29) is 12.0 Å². The van der Waals surface area contributed by atoms with Crippen LogP contribution in [0.1, 0.15) is 12.8 Å². The largest absolute Gasteiger partial charge is 0.467 e. The summed E-state index contributed by atoms with van der Waals surface area (Å²) in [5, 5.41) is 3.33. The van der Waals surface area contributed by atoms with Crippen LogP contribution in [0, 0.1) is 0 Å². The standard InChI is InChI=1S/C11H16N4O4/c1-19-10(17)9-3-2-5-15(9)6-4-8(16)7-13-14-11(12)18/h4,6-7,9H,2-3,5H2,1H3,(H3,12,14,18)/b6-4+,13-7+/t9-/m0/s1. The minimum Gasteiger partial charge on any atom is -0.467 e. The maximum Gasteiger partial charge on any atom is 0.332 e. The first-order chi connectivity index (χ1) is 9.04. The fraction of sp³-hybridized carbons (Fsp3) is 0.455. The monoisotopic (exact) mass is 268 g/mol. The minimum atomic E-state index is -0.849. The number of hydrogen-bond acceptors (Lipinski definition) is 6. The number of rotatable bonds is 5. The van der Waals surface area contributed by atoms with Gasteiger partial charge in [0.2, 0.25) is 0 Å². The molecule has 104 valence electrons. The number of nitrogens with one attached hydrogen (secondary N) is 1. The molecule has 0 saturated carbocycles. The summed E-state index contributed by atoms with van der Waals surface area (Å²) < 4.78 is 4.68. The Morgan fingerprint density at radius 3 is 2.84 bits per heavy atom. The van der Waals surface area contributed by atoms with Crippen molar-refractivity contribution in [3.63, 3.8) is 0 Å². The lowest BCUT2D eigenvalue weighted by Crippen LogP contribution is -2.33. The number of allylic oxidation sites excluding steroid dienone is 1. The van der Waals surface area contributed by atoms with E-state index >= 15 is 0 Å². The van der Waals surface area contributed by atoms with Gasteiger partial charge in [0.25, 0.3) is 0 Å². The fourth-order valence-corrected chi connectivity index (χ4v) is 1.73. The third-order valence-electron chi connectivity index (χ3n) is 2.56. The van der Waals surface area contributed by atoms with Gasteiger partial charge in [-0.05, 0) is 12.8 Å². The van der Waals surface area contributed by atoms with Crippen molar-refractivity contribution in [3.05, 3.63) is 12.3 Å². The normalized spacial score (nSPS) is 19.0. The molecule has 0 bridgehead atoms. The van der Waals surface area contributed by atoms with Crippen molar-refractivity contribution in [2.24, 2.45) is 10.8 Å². The second-order valence-corrected chi connectivity index (χ2v) is 3.87. The summed E-state index contributed by atoms with van der Waals surface area (Å²) in [6.07, 6.45) is 5.25. The molecule has 1 rings (SSSR count). The number of amides is 2. The average molecular weight is 268 g/mol. The second-order valence-electron chi connectivity index (χ2n) is 3.87. The van der Waals surface area contributed by atoms with E-state index in [0.29, 0.717) is 13.0 Å². The molecule has 0 radical (unpaired) electrons. The molecule has 1 fully saturated rings. The maximum absolute atomic E-state index is 11.4. The molecule has 1 saturated heterocycles. The Hall–Kier alpha value is -2.38. The molecule has 0 aromatic carbocycles. The summed E-state index contributed by atoms with van der Waals surface area (Å²) in [6, 6.07) is -1.20. The minimum absolute atomic E-state index is 0.321. The van der Waals surface area contributed by atoms with Crippen LogP contribution in [0.4, 0.5) is 4.79 Å². The Morgan fingerprint density at radius 1 is 1.47 bits per heavy atom. The summed E-state index contributed by atoms with van der Waals surface area (Å²) in [5.74, 6) is -0.747. The van der Waals surface area contributed by atoms with E-state index in [0.717, 1.165) is 12.6 Å². The van der Waals surface area contributed by atoms with Crippen molar-refractivity contribution in [3.8, 4) is 0 Å². The maximum atomic E-state index is 11.4. The molecule has 0 aliphatic carbocycles. The highest BCUT2D eigenvalue weighted by Gasteiger charge is 2.29. The Morgan fingerprint density at radius 2 is 2.21 bits per heavy atom. The Labute approximate surface area is 110 Å². The lowest BCUT2D eigenvalue weighted by molar-refractivity contribution is -0.145. The molecule has 1 aliphatic heterocycles. The first-order valence-electron chi connectivity index (χ1n) is 5.69. The van der Waals surface area contributed by atoms with E-state index in [2.05, 4.69) is 9.84 Å². The van der Waals surface area contributed by atoms with Gasteiger partial charge < -0.3 is 15.4 Å². The van der Waals surface area contributed by atoms with Crippen LogP contribution in [0.15, 0.2) is 17.4 Å². The summed E-state index contributed by atoms with van der Waals surface area (Å²) in [5.41, 5.74) is 6.67. The van der Waals surface area contributed by atoms with Crippen LogP contribution >= 0.6 is 0 Å². The molecule has 0 spiro atoms. The fourth-order valence-electron chi connectivity index (χ4n) is 1.73. The van der Waals surface area contributed by atoms with Gasteiger partial charge in [-0.3, -0.25) is 4.79 Å².